The zero-order valence-corrected chi connectivity index (χ0v) is 12.7. The molecule has 2 amide bonds. The smallest absolute Gasteiger partial charge is 0.238 e. The van der Waals surface area contributed by atoms with Crippen molar-refractivity contribution in [3.63, 3.8) is 0 Å². The first kappa shape index (κ1) is 15.0. The highest BCUT2D eigenvalue weighted by molar-refractivity contribution is 6.07. The lowest BCUT2D eigenvalue weighted by molar-refractivity contribution is -0.149. The molecule has 3 rings (SSSR count). The van der Waals surface area contributed by atoms with Crippen LogP contribution < -0.4 is 5.73 Å². The van der Waals surface area contributed by atoms with Crippen LogP contribution >= 0.6 is 0 Å². The first-order chi connectivity index (χ1) is 10.6. The summed E-state index contributed by atoms with van der Waals surface area (Å²) in [7, 11) is 0. The molecule has 5 heteroatoms. The standard InChI is InChI=1S/C17H22N2O3/c18-15(20)17(8-9-17)16(21)19-10-11-22-14(12-19)7-6-13-4-2-1-3-5-13/h1-5,14H,6-12H2,(H2,18,20)/t14-/m0/s1. The highest BCUT2D eigenvalue weighted by atomic mass is 16.5. The fourth-order valence-electron chi connectivity index (χ4n) is 3.04. The molecule has 1 saturated carbocycles. The first-order valence-electron chi connectivity index (χ1n) is 7.87. The Kier molecular flexibility index (Phi) is 4.16. The van der Waals surface area contributed by atoms with Crippen LogP contribution in [0.3, 0.4) is 0 Å². The highest BCUT2D eigenvalue weighted by Crippen LogP contribution is 2.47. The molecule has 0 unspecified atom stereocenters. The molecule has 2 aliphatic rings. The molecule has 118 valence electrons. The third-order valence-corrected chi connectivity index (χ3v) is 4.65. The fourth-order valence-corrected chi connectivity index (χ4v) is 3.04. The van der Waals surface area contributed by atoms with Crippen molar-refractivity contribution < 1.29 is 14.3 Å². The molecule has 0 bridgehead atoms. The summed E-state index contributed by atoms with van der Waals surface area (Å²) in [6.07, 6.45) is 3.01. The van der Waals surface area contributed by atoms with Crippen LogP contribution in [-0.2, 0) is 20.7 Å². The molecule has 2 fully saturated rings. The van der Waals surface area contributed by atoms with Gasteiger partial charge in [-0.1, -0.05) is 30.3 Å². The molecular weight excluding hydrogens is 280 g/mol. The van der Waals surface area contributed by atoms with E-state index in [0.29, 0.717) is 32.5 Å². The predicted molar refractivity (Wildman–Crippen MR) is 81.9 cm³/mol. The number of rotatable bonds is 5. The maximum absolute atomic E-state index is 12.5. The number of nitrogens with two attached hydrogens (primary N) is 1. The van der Waals surface area contributed by atoms with E-state index in [-0.39, 0.29) is 12.0 Å². The minimum Gasteiger partial charge on any atom is -0.375 e. The quantitative estimate of drug-likeness (QED) is 0.828. The molecule has 5 nitrogen and oxygen atoms in total. The minimum atomic E-state index is -0.915. The van der Waals surface area contributed by atoms with Gasteiger partial charge in [0.1, 0.15) is 5.41 Å². The number of morpholine rings is 1. The largest absolute Gasteiger partial charge is 0.375 e. The third-order valence-electron chi connectivity index (χ3n) is 4.65. The van der Waals surface area contributed by atoms with Gasteiger partial charge in [-0.2, -0.15) is 0 Å². The van der Waals surface area contributed by atoms with Crippen molar-refractivity contribution >= 4 is 11.8 Å². The van der Waals surface area contributed by atoms with E-state index in [0.717, 1.165) is 12.8 Å². The van der Waals surface area contributed by atoms with E-state index in [1.54, 1.807) is 4.90 Å². The van der Waals surface area contributed by atoms with Crippen molar-refractivity contribution in [2.75, 3.05) is 19.7 Å². The number of benzene rings is 1. The molecule has 1 heterocycles. The van der Waals surface area contributed by atoms with Crippen molar-refractivity contribution in [3.05, 3.63) is 35.9 Å². The van der Waals surface area contributed by atoms with Gasteiger partial charge in [0, 0.05) is 13.1 Å². The van der Waals surface area contributed by atoms with E-state index >= 15 is 0 Å². The molecule has 1 saturated heterocycles. The van der Waals surface area contributed by atoms with Crippen LogP contribution in [0.4, 0.5) is 0 Å². The normalized spacial score (nSPS) is 23.1. The number of amides is 2. The Hall–Kier alpha value is -1.88. The van der Waals surface area contributed by atoms with Gasteiger partial charge in [0.15, 0.2) is 0 Å². The first-order valence-corrected chi connectivity index (χ1v) is 7.87. The lowest BCUT2D eigenvalue weighted by Gasteiger charge is -2.34. The Morgan fingerprint density at radius 1 is 1.27 bits per heavy atom. The lowest BCUT2D eigenvalue weighted by atomic mass is 10.0. The number of hydrogen-bond donors (Lipinski definition) is 1. The van der Waals surface area contributed by atoms with E-state index in [2.05, 4.69) is 12.1 Å². The molecule has 0 radical (unpaired) electrons. The van der Waals surface area contributed by atoms with E-state index < -0.39 is 11.3 Å². The van der Waals surface area contributed by atoms with Gasteiger partial charge in [0.05, 0.1) is 12.7 Å². The fraction of sp³-hybridized carbons (Fsp3) is 0.529. The van der Waals surface area contributed by atoms with E-state index in [1.807, 2.05) is 18.2 Å². The number of carbonyl (C=O) groups excluding carboxylic acids is 2. The summed E-state index contributed by atoms with van der Waals surface area (Å²) < 4.78 is 5.76. The molecule has 1 aromatic rings. The Balaban J connectivity index is 1.55. The molecule has 22 heavy (non-hydrogen) atoms. The Morgan fingerprint density at radius 2 is 2.00 bits per heavy atom. The van der Waals surface area contributed by atoms with E-state index in [4.69, 9.17) is 10.5 Å². The summed E-state index contributed by atoms with van der Waals surface area (Å²) in [5.41, 5.74) is 5.75. The molecule has 1 aliphatic heterocycles. The van der Waals surface area contributed by atoms with Gasteiger partial charge in [-0.15, -0.1) is 0 Å². The topological polar surface area (TPSA) is 72.6 Å². The summed E-state index contributed by atoms with van der Waals surface area (Å²) >= 11 is 0. The van der Waals surface area contributed by atoms with Crippen molar-refractivity contribution in [2.45, 2.75) is 31.8 Å². The van der Waals surface area contributed by atoms with Gasteiger partial charge >= 0.3 is 0 Å². The van der Waals surface area contributed by atoms with Crippen LogP contribution in [0.1, 0.15) is 24.8 Å². The number of carbonyl (C=O) groups is 2. The maximum atomic E-state index is 12.5. The number of nitrogens with zero attached hydrogens (tertiary/aromatic N) is 1. The van der Waals surface area contributed by atoms with Crippen LogP contribution in [-0.4, -0.2) is 42.5 Å². The number of ether oxygens (including phenoxy) is 1. The number of primary amides is 1. The molecule has 0 aromatic heterocycles. The van der Waals surface area contributed by atoms with E-state index in [9.17, 15) is 9.59 Å². The van der Waals surface area contributed by atoms with Gasteiger partial charge in [0.25, 0.3) is 0 Å². The van der Waals surface area contributed by atoms with E-state index in [1.165, 1.54) is 5.56 Å². The molecule has 1 aromatic carbocycles. The monoisotopic (exact) mass is 302 g/mol. The Bertz CT molecular complexity index is 554. The molecule has 0 spiro atoms. The van der Waals surface area contributed by atoms with Crippen molar-refractivity contribution in [1.82, 2.24) is 4.90 Å². The van der Waals surface area contributed by atoms with Crippen LogP contribution in [0.2, 0.25) is 0 Å². The summed E-state index contributed by atoms with van der Waals surface area (Å²) in [5, 5.41) is 0. The summed E-state index contributed by atoms with van der Waals surface area (Å²) in [6.45, 7) is 1.64. The lowest BCUT2D eigenvalue weighted by Crippen LogP contribution is -2.51. The minimum absolute atomic E-state index is 0.0292. The summed E-state index contributed by atoms with van der Waals surface area (Å²) in [4.78, 5) is 25.8. The van der Waals surface area contributed by atoms with Gasteiger partial charge in [-0.3, -0.25) is 9.59 Å². The summed E-state index contributed by atoms with van der Waals surface area (Å²) in [6, 6.07) is 10.2. The van der Waals surface area contributed by atoms with Crippen molar-refractivity contribution in [2.24, 2.45) is 11.1 Å². The van der Waals surface area contributed by atoms with Crippen LogP contribution in [0, 0.1) is 5.41 Å². The SMILES string of the molecule is NC(=O)C1(C(=O)N2CCO[C@@H](CCc3ccccc3)C2)CC1. The van der Waals surface area contributed by atoms with Crippen molar-refractivity contribution in [3.8, 4) is 0 Å². The number of hydrogen-bond acceptors (Lipinski definition) is 3. The predicted octanol–water partition coefficient (Wildman–Crippen LogP) is 1.11. The second-order valence-corrected chi connectivity index (χ2v) is 6.21. The van der Waals surface area contributed by atoms with Crippen LogP contribution in [0.5, 0.6) is 0 Å². The second-order valence-electron chi connectivity index (χ2n) is 6.21. The maximum Gasteiger partial charge on any atom is 0.238 e. The average Bonchev–Trinajstić information content (AvgIpc) is 3.35. The molecule has 2 N–H and O–H groups in total. The van der Waals surface area contributed by atoms with Gasteiger partial charge in [-0.05, 0) is 31.2 Å². The second kappa shape index (κ2) is 6.08. The Morgan fingerprint density at radius 3 is 2.64 bits per heavy atom. The molecule has 1 aliphatic carbocycles. The average molecular weight is 302 g/mol. The third kappa shape index (κ3) is 2.99. The highest BCUT2D eigenvalue weighted by Gasteiger charge is 2.57. The number of aryl methyl sites for hydroxylation is 1. The van der Waals surface area contributed by atoms with Gasteiger partial charge in [0.2, 0.25) is 11.8 Å². The molecular formula is C17H22N2O3. The van der Waals surface area contributed by atoms with Gasteiger partial charge in [-0.25, -0.2) is 0 Å². The van der Waals surface area contributed by atoms with Crippen LogP contribution in [0.25, 0.3) is 0 Å². The molecule has 1 atom stereocenters. The van der Waals surface area contributed by atoms with Crippen LogP contribution in [0.15, 0.2) is 30.3 Å². The zero-order valence-electron chi connectivity index (χ0n) is 12.7. The van der Waals surface area contributed by atoms with Crippen molar-refractivity contribution in [1.29, 1.82) is 0 Å². The summed E-state index contributed by atoms with van der Waals surface area (Å²) in [5.74, 6) is -0.585. The zero-order chi connectivity index (χ0) is 15.6. The van der Waals surface area contributed by atoms with Gasteiger partial charge < -0.3 is 15.4 Å². The Labute approximate surface area is 130 Å².